The molecule has 0 bridgehead atoms. The van der Waals surface area contributed by atoms with Crippen LogP contribution in [0.5, 0.6) is 5.75 Å². The molecule has 0 aliphatic carbocycles. The Balaban J connectivity index is 2.05. The Morgan fingerprint density at radius 3 is 2.80 bits per heavy atom. The lowest BCUT2D eigenvalue weighted by Crippen LogP contribution is -2.42. The molecule has 82 valence electrons. The molecule has 1 aromatic carbocycles. The van der Waals surface area contributed by atoms with E-state index in [1.807, 2.05) is 12.1 Å². The molecule has 1 aliphatic heterocycles. The number of hydrogen-bond acceptors (Lipinski definition) is 3. The first-order valence-corrected chi connectivity index (χ1v) is 5.95. The van der Waals surface area contributed by atoms with E-state index >= 15 is 0 Å². The van der Waals surface area contributed by atoms with Crippen LogP contribution in [0.1, 0.15) is 5.56 Å². The van der Waals surface area contributed by atoms with Crippen LogP contribution >= 0.6 is 15.9 Å². The van der Waals surface area contributed by atoms with Crippen molar-refractivity contribution in [1.29, 1.82) is 0 Å². The summed E-state index contributed by atoms with van der Waals surface area (Å²) in [5.41, 5.74) is 1.15. The van der Waals surface area contributed by atoms with Crippen LogP contribution in [0.25, 0.3) is 0 Å². The van der Waals surface area contributed by atoms with Gasteiger partial charge in [0.25, 0.3) is 0 Å². The van der Waals surface area contributed by atoms with Gasteiger partial charge in [0.15, 0.2) is 0 Å². The van der Waals surface area contributed by atoms with E-state index < -0.39 is 0 Å². The summed E-state index contributed by atoms with van der Waals surface area (Å²) in [6, 6.07) is 5.42. The molecule has 0 radical (unpaired) electrons. The molecular weight excluding hydrogens is 256 g/mol. The molecule has 0 aromatic heterocycles. The molecule has 0 spiro atoms. The molecule has 4 heteroatoms. The van der Waals surface area contributed by atoms with Crippen LogP contribution in [0.2, 0.25) is 0 Å². The van der Waals surface area contributed by atoms with Gasteiger partial charge in [-0.25, -0.2) is 0 Å². The van der Waals surface area contributed by atoms with Gasteiger partial charge < -0.3 is 10.4 Å². The molecule has 0 amide bonds. The van der Waals surface area contributed by atoms with E-state index in [-0.39, 0.29) is 0 Å². The smallest absolute Gasteiger partial charge is 0.115 e. The second kappa shape index (κ2) is 4.96. The van der Waals surface area contributed by atoms with Crippen LogP contribution < -0.4 is 5.32 Å². The summed E-state index contributed by atoms with van der Waals surface area (Å²) in [4.78, 5) is 2.38. The highest BCUT2D eigenvalue weighted by molar-refractivity contribution is 9.10. The minimum absolute atomic E-state index is 0.336. The number of aromatic hydroxyl groups is 1. The van der Waals surface area contributed by atoms with Gasteiger partial charge in [-0.3, -0.25) is 4.90 Å². The Bertz CT molecular complexity index is 337. The number of benzene rings is 1. The van der Waals surface area contributed by atoms with Gasteiger partial charge in [0.2, 0.25) is 0 Å². The largest absolute Gasteiger partial charge is 0.508 e. The minimum atomic E-state index is 0.336. The zero-order valence-corrected chi connectivity index (χ0v) is 10.1. The second-order valence-corrected chi connectivity index (χ2v) is 4.66. The van der Waals surface area contributed by atoms with Crippen molar-refractivity contribution >= 4 is 15.9 Å². The van der Waals surface area contributed by atoms with Crippen LogP contribution in [0, 0.1) is 0 Å². The fourth-order valence-electron chi connectivity index (χ4n) is 1.79. The van der Waals surface area contributed by atoms with Crippen molar-refractivity contribution in [3.8, 4) is 5.75 Å². The van der Waals surface area contributed by atoms with Gasteiger partial charge >= 0.3 is 0 Å². The van der Waals surface area contributed by atoms with Gasteiger partial charge in [-0.05, 0) is 23.8 Å². The Morgan fingerprint density at radius 2 is 2.07 bits per heavy atom. The van der Waals surface area contributed by atoms with E-state index in [9.17, 15) is 5.11 Å². The Labute approximate surface area is 98.2 Å². The lowest BCUT2D eigenvalue weighted by Gasteiger charge is -2.27. The first kappa shape index (κ1) is 10.9. The number of nitrogens with one attached hydrogen (secondary N) is 1. The average Bonchev–Trinajstić information content (AvgIpc) is 2.25. The van der Waals surface area contributed by atoms with Crippen molar-refractivity contribution in [3.05, 3.63) is 28.2 Å². The monoisotopic (exact) mass is 270 g/mol. The third kappa shape index (κ3) is 2.93. The second-order valence-electron chi connectivity index (χ2n) is 3.80. The Kier molecular flexibility index (Phi) is 3.61. The molecule has 1 aliphatic rings. The fourth-order valence-corrected chi connectivity index (χ4v) is 2.16. The van der Waals surface area contributed by atoms with Crippen LogP contribution in [0.15, 0.2) is 22.7 Å². The van der Waals surface area contributed by atoms with Crippen molar-refractivity contribution in [2.24, 2.45) is 0 Å². The number of phenols is 1. The molecule has 1 heterocycles. The summed E-state index contributed by atoms with van der Waals surface area (Å²) in [6.07, 6.45) is 0. The molecule has 2 N–H and O–H groups in total. The molecule has 2 rings (SSSR count). The van der Waals surface area contributed by atoms with Crippen LogP contribution in [-0.2, 0) is 6.54 Å². The van der Waals surface area contributed by atoms with Crippen molar-refractivity contribution in [3.63, 3.8) is 0 Å². The topological polar surface area (TPSA) is 35.5 Å². The maximum absolute atomic E-state index is 9.42. The number of nitrogens with zero attached hydrogens (tertiary/aromatic N) is 1. The van der Waals surface area contributed by atoms with Gasteiger partial charge in [0, 0.05) is 37.2 Å². The van der Waals surface area contributed by atoms with Crippen LogP contribution in [0.4, 0.5) is 0 Å². The first-order chi connectivity index (χ1) is 7.25. The average molecular weight is 271 g/mol. The van der Waals surface area contributed by atoms with Gasteiger partial charge in [-0.15, -0.1) is 0 Å². The third-order valence-electron chi connectivity index (χ3n) is 2.63. The minimum Gasteiger partial charge on any atom is -0.508 e. The third-order valence-corrected chi connectivity index (χ3v) is 3.41. The molecule has 0 unspecified atom stereocenters. The highest BCUT2D eigenvalue weighted by Gasteiger charge is 2.11. The number of halogens is 1. The normalized spacial score (nSPS) is 17.9. The Morgan fingerprint density at radius 1 is 1.33 bits per heavy atom. The van der Waals surface area contributed by atoms with Crippen molar-refractivity contribution in [2.45, 2.75) is 6.54 Å². The zero-order valence-electron chi connectivity index (χ0n) is 8.54. The molecule has 1 aromatic rings. The van der Waals surface area contributed by atoms with Gasteiger partial charge in [0.1, 0.15) is 5.75 Å². The predicted octanol–water partition coefficient (Wildman–Crippen LogP) is 1.56. The summed E-state index contributed by atoms with van der Waals surface area (Å²) in [5, 5.41) is 12.7. The van der Waals surface area contributed by atoms with Gasteiger partial charge in [-0.1, -0.05) is 15.9 Å². The zero-order chi connectivity index (χ0) is 10.7. The SMILES string of the molecule is Oc1ccc(Br)c(CN2CCNCC2)c1. The van der Waals surface area contributed by atoms with Crippen LogP contribution in [0.3, 0.4) is 0 Å². The van der Waals surface area contributed by atoms with E-state index in [2.05, 4.69) is 26.1 Å². The number of piperazine rings is 1. The molecule has 1 fully saturated rings. The lowest BCUT2D eigenvalue weighted by atomic mass is 10.2. The molecule has 0 atom stereocenters. The van der Waals surface area contributed by atoms with Crippen molar-refractivity contribution < 1.29 is 5.11 Å². The van der Waals surface area contributed by atoms with Crippen molar-refractivity contribution in [2.75, 3.05) is 26.2 Å². The summed E-state index contributed by atoms with van der Waals surface area (Å²) < 4.78 is 1.07. The summed E-state index contributed by atoms with van der Waals surface area (Å²) in [7, 11) is 0. The molecular formula is C11H15BrN2O. The maximum Gasteiger partial charge on any atom is 0.115 e. The quantitative estimate of drug-likeness (QED) is 0.857. The standard InChI is InChI=1S/C11H15BrN2O/c12-11-2-1-10(15)7-9(11)8-14-5-3-13-4-6-14/h1-2,7,13,15H,3-6,8H2. The fraction of sp³-hybridized carbons (Fsp3) is 0.455. The van der Waals surface area contributed by atoms with E-state index in [4.69, 9.17) is 0 Å². The summed E-state index contributed by atoms with van der Waals surface area (Å²) in [5.74, 6) is 0.336. The van der Waals surface area contributed by atoms with E-state index in [0.717, 1.165) is 42.8 Å². The highest BCUT2D eigenvalue weighted by atomic mass is 79.9. The van der Waals surface area contributed by atoms with E-state index in [1.165, 1.54) is 0 Å². The van der Waals surface area contributed by atoms with Gasteiger partial charge in [0.05, 0.1) is 0 Å². The Hall–Kier alpha value is -0.580. The van der Waals surface area contributed by atoms with Crippen molar-refractivity contribution in [1.82, 2.24) is 10.2 Å². The maximum atomic E-state index is 9.42. The predicted molar refractivity (Wildman–Crippen MR) is 64.0 cm³/mol. The number of rotatable bonds is 2. The lowest BCUT2D eigenvalue weighted by molar-refractivity contribution is 0.232. The molecule has 1 saturated heterocycles. The molecule has 3 nitrogen and oxygen atoms in total. The van der Waals surface area contributed by atoms with E-state index in [1.54, 1.807) is 6.07 Å². The highest BCUT2D eigenvalue weighted by Crippen LogP contribution is 2.23. The molecule has 15 heavy (non-hydrogen) atoms. The summed E-state index contributed by atoms with van der Waals surface area (Å²) >= 11 is 3.50. The van der Waals surface area contributed by atoms with Crippen LogP contribution in [-0.4, -0.2) is 36.2 Å². The van der Waals surface area contributed by atoms with Gasteiger partial charge in [-0.2, -0.15) is 0 Å². The first-order valence-electron chi connectivity index (χ1n) is 5.16. The summed E-state index contributed by atoms with van der Waals surface area (Å²) in [6.45, 7) is 5.15. The number of phenolic OH excluding ortho intramolecular Hbond substituents is 1. The number of hydrogen-bond donors (Lipinski definition) is 2. The molecule has 0 saturated carbocycles. The van der Waals surface area contributed by atoms with E-state index in [0.29, 0.717) is 5.75 Å².